The average molecular weight is 295 g/mol. The van der Waals surface area contributed by atoms with Crippen LogP contribution >= 0.6 is 0 Å². The minimum Gasteiger partial charge on any atom is -0.481 e. The summed E-state index contributed by atoms with van der Waals surface area (Å²) >= 11 is 0. The minimum absolute atomic E-state index is 0.0886. The topological polar surface area (TPSA) is 57.6 Å². The normalized spacial score (nSPS) is 24.3. The molecule has 0 saturated heterocycles. The zero-order valence-corrected chi connectivity index (χ0v) is 13.5. The van der Waals surface area contributed by atoms with E-state index >= 15 is 0 Å². The first-order valence-electron chi connectivity index (χ1n) is 8.40. The summed E-state index contributed by atoms with van der Waals surface area (Å²) < 4.78 is 0. The van der Waals surface area contributed by atoms with Crippen LogP contribution in [0.4, 0.5) is 0 Å². The summed E-state index contributed by atoms with van der Waals surface area (Å²) in [7, 11) is 1.84. The maximum Gasteiger partial charge on any atom is 0.305 e. The van der Waals surface area contributed by atoms with Gasteiger partial charge in [-0.05, 0) is 25.7 Å². The van der Waals surface area contributed by atoms with Crippen LogP contribution in [0.5, 0.6) is 0 Å². The second-order valence-electron chi connectivity index (χ2n) is 7.34. The summed E-state index contributed by atoms with van der Waals surface area (Å²) in [6.07, 6.45) is 10.3. The molecule has 0 heterocycles. The Labute approximate surface area is 127 Å². The van der Waals surface area contributed by atoms with E-state index in [1.54, 1.807) is 0 Å². The predicted octanol–water partition coefficient (Wildman–Crippen LogP) is 3.59. The SMILES string of the molecule is CN(C(=O)C1(C)CCCCC1)C1(CC(=O)O)CCCCC1. The molecular weight excluding hydrogens is 266 g/mol. The first-order chi connectivity index (χ1) is 9.90. The van der Waals surface area contributed by atoms with E-state index in [1.165, 1.54) is 6.42 Å². The maximum absolute atomic E-state index is 13.0. The maximum atomic E-state index is 13.0. The highest BCUT2D eigenvalue weighted by atomic mass is 16.4. The van der Waals surface area contributed by atoms with Gasteiger partial charge in [0.1, 0.15) is 0 Å². The first-order valence-corrected chi connectivity index (χ1v) is 8.40. The van der Waals surface area contributed by atoms with Crippen LogP contribution in [0.1, 0.15) is 77.6 Å². The van der Waals surface area contributed by atoms with Gasteiger partial charge in [-0.15, -0.1) is 0 Å². The lowest BCUT2D eigenvalue weighted by molar-refractivity contribution is -0.153. The Kier molecular flexibility index (Phi) is 4.95. The smallest absolute Gasteiger partial charge is 0.305 e. The van der Waals surface area contributed by atoms with Crippen LogP contribution in [-0.2, 0) is 9.59 Å². The quantitative estimate of drug-likeness (QED) is 0.862. The lowest BCUT2D eigenvalue weighted by Crippen LogP contribution is -2.56. The van der Waals surface area contributed by atoms with Gasteiger partial charge in [0.2, 0.25) is 5.91 Å². The largest absolute Gasteiger partial charge is 0.481 e. The van der Waals surface area contributed by atoms with Crippen molar-refractivity contribution in [2.45, 2.75) is 83.1 Å². The number of carbonyl (C=O) groups excluding carboxylic acids is 1. The highest BCUT2D eigenvalue weighted by molar-refractivity contribution is 5.83. The van der Waals surface area contributed by atoms with Gasteiger partial charge in [-0.2, -0.15) is 0 Å². The van der Waals surface area contributed by atoms with Crippen molar-refractivity contribution in [2.75, 3.05) is 7.05 Å². The van der Waals surface area contributed by atoms with Crippen LogP contribution < -0.4 is 0 Å². The van der Waals surface area contributed by atoms with Gasteiger partial charge >= 0.3 is 5.97 Å². The molecule has 2 saturated carbocycles. The molecule has 2 rings (SSSR count). The third kappa shape index (κ3) is 3.41. The number of amides is 1. The molecule has 4 nitrogen and oxygen atoms in total. The van der Waals surface area contributed by atoms with E-state index < -0.39 is 11.5 Å². The van der Waals surface area contributed by atoms with Gasteiger partial charge in [0, 0.05) is 12.5 Å². The van der Waals surface area contributed by atoms with E-state index in [4.69, 9.17) is 0 Å². The molecule has 0 aromatic rings. The summed E-state index contributed by atoms with van der Waals surface area (Å²) in [5.41, 5.74) is -0.739. The molecule has 4 heteroatoms. The Morgan fingerprint density at radius 3 is 1.90 bits per heavy atom. The van der Waals surface area contributed by atoms with E-state index in [0.717, 1.165) is 57.8 Å². The molecule has 0 aromatic carbocycles. The molecule has 2 aliphatic rings. The second kappa shape index (κ2) is 6.37. The van der Waals surface area contributed by atoms with Gasteiger partial charge in [-0.3, -0.25) is 9.59 Å². The van der Waals surface area contributed by atoms with Crippen molar-refractivity contribution in [3.63, 3.8) is 0 Å². The highest BCUT2D eigenvalue weighted by Crippen LogP contribution is 2.42. The van der Waals surface area contributed by atoms with Gasteiger partial charge in [0.25, 0.3) is 0 Å². The van der Waals surface area contributed by atoms with Crippen LogP contribution in [0.2, 0.25) is 0 Å². The molecule has 0 aromatic heterocycles. The second-order valence-corrected chi connectivity index (χ2v) is 7.34. The standard InChI is InChI=1S/C17H29NO3/c1-16(9-5-3-6-10-16)15(21)18(2)17(13-14(19)20)11-7-4-8-12-17/h3-13H2,1-2H3,(H,19,20). The van der Waals surface area contributed by atoms with Gasteiger partial charge in [-0.25, -0.2) is 0 Å². The molecule has 2 aliphatic carbocycles. The predicted molar refractivity (Wildman–Crippen MR) is 82.0 cm³/mol. The third-order valence-corrected chi connectivity index (χ3v) is 5.75. The number of carboxylic acids is 1. The van der Waals surface area contributed by atoms with Crippen LogP contribution in [0.3, 0.4) is 0 Å². The van der Waals surface area contributed by atoms with Crippen molar-refractivity contribution in [1.82, 2.24) is 4.90 Å². The molecule has 0 unspecified atom stereocenters. The highest BCUT2D eigenvalue weighted by Gasteiger charge is 2.45. The van der Waals surface area contributed by atoms with Crippen LogP contribution in [0, 0.1) is 5.41 Å². The van der Waals surface area contributed by atoms with E-state index in [2.05, 4.69) is 6.92 Å². The molecule has 2 fully saturated rings. The number of hydrogen-bond acceptors (Lipinski definition) is 2. The molecular formula is C17H29NO3. The molecule has 120 valence electrons. The third-order valence-electron chi connectivity index (χ3n) is 5.75. The lowest BCUT2D eigenvalue weighted by atomic mass is 9.72. The monoisotopic (exact) mass is 295 g/mol. The summed E-state index contributed by atoms with van der Waals surface area (Å²) in [4.78, 5) is 26.2. The van der Waals surface area contributed by atoms with E-state index in [9.17, 15) is 14.7 Å². The summed E-state index contributed by atoms with van der Waals surface area (Å²) in [5.74, 6) is -0.615. The van der Waals surface area contributed by atoms with Gasteiger partial charge in [0.05, 0.1) is 12.0 Å². The molecule has 21 heavy (non-hydrogen) atoms. The number of nitrogens with zero attached hydrogens (tertiary/aromatic N) is 1. The average Bonchev–Trinajstić information content (AvgIpc) is 2.46. The summed E-state index contributed by atoms with van der Waals surface area (Å²) in [5, 5.41) is 9.30. The van der Waals surface area contributed by atoms with Crippen molar-refractivity contribution >= 4 is 11.9 Å². The Morgan fingerprint density at radius 2 is 1.43 bits per heavy atom. The zero-order valence-electron chi connectivity index (χ0n) is 13.5. The zero-order chi connectivity index (χ0) is 15.5. The Hall–Kier alpha value is -1.06. The summed E-state index contributed by atoms with van der Waals surface area (Å²) in [6.45, 7) is 2.07. The van der Waals surface area contributed by atoms with Crippen molar-refractivity contribution in [3.8, 4) is 0 Å². The fourth-order valence-corrected chi connectivity index (χ4v) is 4.29. The molecule has 1 amide bonds. The van der Waals surface area contributed by atoms with Gasteiger partial charge in [-0.1, -0.05) is 45.4 Å². The van der Waals surface area contributed by atoms with Gasteiger partial charge in [0.15, 0.2) is 0 Å². The van der Waals surface area contributed by atoms with Crippen LogP contribution in [0.25, 0.3) is 0 Å². The fourth-order valence-electron chi connectivity index (χ4n) is 4.29. The van der Waals surface area contributed by atoms with Crippen molar-refractivity contribution in [1.29, 1.82) is 0 Å². The first kappa shape index (κ1) is 16.3. The number of carbonyl (C=O) groups is 2. The Balaban J connectivity index is 2.18. The van der Waals surface area contributed by atoms with E-state index in [-0.39, 0.29) is 17.7 Å². The van der Waals surface area contributed by atoms with E-state index in [1.807, 2.05) is 11.9 Å². The summed E-state index contributed by atoms with van der Waals surface area (Å²) in [6, 6.07) is 0. The minimum atomic E-state index is -0.787. The molecule has 0 atom stereocenters. The lowest BCUT2D eigenvalue weighted by Gasteiger charge is -2.47. The van der Waals surface area contributed by atoms with Crippen LogP contribution in [-0.4, -0.2) is 34.5 Å². The molecule has 0 bridgehead atoms. The molecule has 1 N–H and O–H groups in total. The van der Waals surface area contributed by atoms with E-state index in [0.29, 0.717) is 0 Å². The number of rotatable bonds is 4. The molecule has 0 aliphatic heterocycles. The van der Waals surface area contributed by atoms with Crippen LogP contribution in [0.15, 0.2) is 0 Å². The number of aliphatic carboxylic acids is 1. The number of carboxylic acid groups (broad SMARTS) is 1. The van der Waals surface area contributed by atoms with Gasteiger partial charge < -0.3 is 10.0 Å². The van der Waals surface area contributed by atoms with Crippen molar-refractivity contribution in [2.24, 2.45) is 5.41 Å². The van der Waals surface area contributed by atoms with Crippen molar-refractivity contribution < 1.29 is 14.7 Å². The fraction of sp³-hybridized carbons (Fsp3) is 0.882. The molecule has 0 spiro atoms. The molecule has 0 radical (unpaired) electrons. The van der Waals surface area contributed by atoms with Crippen molar-refractivity contribution in [3.05, 3.63) is 0 Å². The Bertz CT molecular complexity index is 393. The number of hydrogen-bond donors (Lipinski definition) is 1. The Morgan fingerprint density at radius 1 is 0.952 bits per heavy atom.